The Labute approximate surface area is 146 Å². The van der Waals surface area contributed by atoms with Gasteiger partial charge in [-0.05, 0) is 37.6 Å². The van der Waals surface area contributed by atoms with Crippen molar-refractivity contribution in [2.24, 2.45) is 0 Å². The molecule has 2 heterocycles. The first-order valence-corrected chi connectivity index (χ1v) is 8.00. The number of carbonyl (C=O) groups excluding carboxylic acids is 1. The molecule has 25 heavy (non-hydrogen) atoms. The van der Waals surface area contributed by atoms with E-state index in [2.05, 4.69) is 15.5 Å². The summed E-state index contributed by atoms with van der Waals surface area (Å²) in [7, 11) is 1.64. The zero-order valence-electron chi connectivity index (χ0n) is 14.6. The number of benzene rings is 1. The minimum Gasteiger partial charge on any atom is -0.497 e. The standard InChI is InChI=1S/C18H21N5O2/c1-13-7-14(2)23(21-13)12-18(24)20-16-9-19-22(11-16)10-15-5-4-6-17(8-15)25-3/h4-9,11H,10,12H2,1-3H3,(H,20,24). The van der Waals surface area contributed by atoms with E-state index >= 15 is 0 Å². The van der Waals surface area contributed by atoms with Crippen LogP contribution < -0.4 is 10.1 Å². The zero-order valence-corrected chi connectivity index (χ0v) is 14.6. The van der Waals surface area contributed by atoms with Gasteiger partial charge in [0, 0.05) is 11.9 Å². The maximum atomic E-state index is 12.2. The average Bonchev–Trinajstić information content (AvgIpc) is 3.13. The highest BCUT2D eigenvalue weighted by atomic mass is 16.5. The zero-order chi connectivity index (χ0) is 17.8. The molecule has 0 aliphatic heterocycles. The molecule has 0 unspecified atom stereocenters. The third kappa shape index (κ3) is 4.26. The Morgan fingerprint density at radius 1 is 1.28 bits per heavy atom. The van der Waals surface area contributed by atoms with E-state index in [1.54, 1.807) is 28.9 Å². The van der Waals surface area contributed by atoms with E-state index in [4.69, 9.17) is 4.74 Å². The van der Waals surface area contributed by atoms with Crippen LogP contribution in [0.4, 0.5) is 5.69 Å². The van der Waals surface area contributed by atoms with Crippen molar-refractivity contribution in [2.75, 3.05) is 12.4 Å². The van der Waals surface area contributed by atoms with Crippen LogP contribution in [0.25, 0.3) is 0 Å². The molecule has 7 heteroatoms. The van der Waals surface area contributed by atoms with Gasteiger partial charge in [0.15, 0.2) is 0 Å². The summed E-state index contributed by atoms with van der Waals surface area (Å²) < 4.78 is 8.68. The molecule has 2 aromatic heterocycles. The van der Waals surface area contributed by atoms with Gasteiger partial charge in [0.05, 0.1) is 31.2 Å². The number of aryl methyl sites for hydroxylation is 2. The van der Waals surface area contributed by atoms with Crippen LogP contribution in [0, 0.1) is 13.8 Å². The predicted molar refractivity (Wildman–Crippen MR) is 94.7 cm³/mol. The number of hydrogen-bond acceptors (Lipinski definition) is 4. The SMILES string of the molecule is COc1cccc(Cn2cc(NC(=O)Cn3nc(C)cc3C)cn2)c1. The van der Waals surface area contributed by atoms with E-state index in [1.807, 2.05) is 44.2 Å². The van der Waals surface area contributed by atoms with Crippen LogP contribution in [0.1, 0.15) is 17.0 Å². The summed E-state index contributed by atoms with van der Waals surface area (Å²) >= 11 is 0. The van der Waals surface area contributed by atoms with Crippen molar-refractivity contribution in [3.05, 3.63) is 59.7 Å². The van der Waals surface area contributed by atoms with Crippen LogP contribution in [0.2, 0.25) is 0 Å². The second kappa shape index (κ2) is 7.21. The summed E-state index contributed by atoms with van der Waals surface area (Å²) in [6.45, 7) is 4.62. The van der Waals surface area contributed by atoms with Gasteiger partial charge in [-0.2, -0.15) is 10.2 Å². The van der Waals surface area contributed by atoms with Gasteiger partial charge in [-0.25, -0.2) is 0 Å². The van der Waals surface area contributed by atoms with E-state index in [0.717, 1.165) is 22.7 Å². The molecule has 1 N–H and O–H groups in total. The monoisotopic (exact) mass is 339 g/mol. The molecule has 1 aromatic carbocycles. The highest BCUT2D eigenvalue weighted by Crippen LogP contribution is 2.14. The Morgan fingerprint density at radius 3 is 2.84 bits per heavy atom. The molecule has 0 atom stereocenters. The second-order valence-electron chi connectivity index (χ2n) is 5.91. The lowest BCUT2D eigenvalue weighted by molar-refractivity contribution is -0.116. The lowest BCUT2D eigenvalue weighted by Crippen LogP contribution is -2.20. The Morgan fingerprint density at radius 2 is 2.12 bits per heavy atom. The number of rotatable bonds is 6. The quantitative estimate of drug-likeness (QED) is 0.748. The highest BCUT2D eigenvalue weighted by molar-refractivity contribution is 5.90. The molecule has 0 saturated heterocycles. The maximum absolute atomic E-state index is 12.2. The first kappa shape index (κ1) is 16.8. The van der Waals surface area contributed by atoms with Crippen molar-refractivity contribution in [3.8, 4) is 5.75 Å². The summed E-state index contributed by atoms with van der Waals surface area (Å²) in [5, 5.41) is 11.4. The Hall–Kier alpha value is -3.09. The van der Waals surface area contributed by atoms with Crippen molar-refractivity contribution >= 4 is 11.6 Å². The molecule has 0 saturated carbocycles. The third-order valence-corrected chi connectivity index (χ3v) is 3.79. The minimum atomic E-state index is -0.132. The van der Waals surface area contributed by atoms with Crippen LogP contribution in [0.15, 0.2) is 42.7 Å². The van der Waals surface area contributed by atoms with E-state index in [0.29, 0.717) is 12.2 Å². The van der Waals surface area contributed by atoms with Crippen molar-refractivity contribution < 1.29 is 9.53 Å². The fraction of sp³-hybridized carbons (Fsp3) is 0.278. The first-order valence-electron chi connectivity index (χ1n) is 8.00. The molecule has 0 fully saturated rings. The number of carbonyl (C=O) groups is 1. The average molecular weight is 339 g/mol. The maximum Gasteiger partial charge on any atom is 0.246 e. The van der Waals surface area contributed by atoms with Gasteiger partial charge >= 0.3 is 0 Å². The minimum absolute atomic E-state index is 0.132. The molecule has 7 nitrogen and oxygen atoms in total. The molecule has 0 aliphatic rings. The van der Waals surface area contributed by atoms with Crippen LogP contribution in [0.5, 0.6) is 5.75 Å². The fourth-order valence-electron chi connectivity index (χ4n) is 2.64. The van der Waals surface area contributed by atoms with Crippen molar-refractivity contribution in [3.63, 3.8) is 0 Å². The van der Waals surface area contributed by atoms with Gasteiger partial charge in [0.2, 0.25) is 5.91 Å². The Balaban J connectivity index is 1.61. The molecule has 3 rings (SSSR count). The van der Waals surface area contributed by atoms with Gasteiger partial charge in [0.1, 0.15) is 12.3 Å². The molecule has 130 valence electrons. The Bertz CT molecular complexity index is 881. The summed E-state index contributed by atoms with van der Waals surface area (Å²) in [5.74, 6) is 0.676. The third-order valence-electron chi connectivity index (χ3n) is 3.79. The fourth-order valence-corrected chi connectivity index (χ4v) is 2.64. The molecule has 3 aromatic rings. The summed E-state index contributed by atoms with van der Waals surface area (Å²) in [5.41, 5.74) is 3.59. The number of ether oxygens (including phenoxy) is 1. The molecular weight excluding hydrogens is 318 g/mol. The number of hydrogen-bond donors (Lipinski definition) is 1. The molecule has 0 spiro atoms. The van der Waals surface area contributed by atoms with Crippen LogP contribution in [-0.2, 0) is 17.9 Å². The number of nitrogens with zero attached hydrogens (tertiary/aromatic N) is 4. The smallest absolute Gasteiger partial charge is 0.246 e. The number of anilines is 1. The molecule has 0 radical (unpaired) electrons. The van der Waals surface area contributed by atoms with Gasteiger partial charge in [0.25, 0.3) is 0 Å². The summed E-state index contributed by atoms with van der Waals surface area (Å²) in [4.78, 5) is 12.2. The predicted octanol–water partition coefficient (Wildman–Crippen LogP) is 2.39. The number of amides is 1. The number of methoxy groups -OCH3 is 1. The van der Waals surface area contributed by atoms with Crippen molar-refractivity contribution in [2.45, 2.75) is 26.9 Å². The van der Waals surface area contributed by atoms with E-state index in [9.17, 15) is 4.79 Å². The van der Waals surface area contributed by atoms with Gasteiger partial charge in [-0.1, -0.05) is 12.1 Å². The highest BCUT2D eigenvalue weighted by Gasteiger charge is 2.09. The van der Waals surface area contributed by atoms with Gasteiger partial charge in [-0.15, -0.1) is 0 Å². The summed E-state index contributed by atoms with van der Waals surface area (Å²) in [6.07, 6.45) is 3.44. The lowest BCUT2D eigenvalue weighted by atomic mass is 10.2. The van der Waals surface area contributed by atoms with Crippen molar-refractivity contribution in [1.82, 2.24) is 19.6 Å². The molecule has 1 amide bonds. The number of aromatic nitrogens is 4. The summed E-state index contributed by atoms with van der Waals surface area (Å²) in [6, 6.07) is 9.75. The molecule has 0 bridgehead atoms. The van der Waals surface area contributed by atoms with E-state index in [1.165, 1.54) is 0 Å². The lowest BCUT2D eigenvalue weighted by Gasteiger charge is -2.05. The van der Waals surface area contributed by atoms with E-state index in [-0.39, 0.29) is 12.5 Å². The Kier molecular flexibility index (Phi) is 4.83. The normalized spacial score (nSPS) is 10.7. The largest absolute Gasteiger partial charge is 0.497 e. The van der Waals surface area contributed by atoms with Crippen LogP contribution >= 0.6 is 0 Å². The molecular formula is C18H21N5O2. The van der Waals surface area contributed by atoms with Gasteiger partial charge < -0.3 is 10.1 Å². The van der Waals surface area contributed by atoms with Gasteiger partial charge in [-0.3, -0.25) is 14.2 Å². The van der Waals surface area contributed by atoms with E-state index < -0.39 is 0 Å². The van der Waals surface area contributed by atoms with Crippen molar-refractivity contribution in [1.29, 1.82) is 0 Å². The molecule has 0 aliphatic carbocycles. The number of nitrogens with one attached hydrogen (secondary N) is 1. The topological polar surface area (TPSA) is 74.0 Å². The first-order chi connectivity index (χ1) is 12.0. The van der Waals surface area contributed by atoms with Crippen LogP contribution in [0.3, 0.4) is 0 Å². The van der Waals surface area contributed by atoms with Crippen LogP contribution in [-0.4, -0.2) is 32.6 Å². The second-order valence-corrected chi connectivity index (χ2v) is 5.91.